The summed E-state index contributed by atoms with van der Waals surface area (Å²) in [5, 5.41) is 8.37. The first-order chi connectivity index (χ1) is 9.95. The van der Waals surface area contributed by atoms with Gasteiger partial charge in [0.1, 0.15) is 5.60 Å². The smallest absolute Gasteiger partial charge is 0.427 e. The van der Waals surface area contributed by atoms with Crippen LogP contribution in [0.15, 0.2) is 0 Å². The first-order valence-corrected chi connectivity index (χ1v) is 7.81. The molecule has 0 aromatic heterocycles. The van der Waals surface area contributed by atoms with Crippen molar-refractivity contribution in [2.45, 2.75) is 84.7 Å². The number of carbonyl (C=O) groups excluding carboxylic acids is 1. The lowest BCUT2D eigenvalue weighted by molar-refractivity contribution is -0.618. The van der Waals surface area contributed by atoms with E-state index in [2.05, 4.69) is 21.9 Å². The summed E-state index contributed by atoms with van der Waals surface area (Å²) in [6.45, 7) is 7.76. The molecule has 0 amide bonds. The number of unbranched alkanes of at least 4 members (excludes halogenated alkanes) is 7. The quantitative estimate of drug-likeness (QED) is 0.222. The zero-order chi connectivity index (χ0) is 16.0. The van der Waals surface area contributed by atoms with E-state index in [0.29, 0.717) is 6.61 Å². The van der Waals surface area contributed by atoms with Crippen LogP contribution in [0.25, 0.3) is 0 Å². The van der Waals surface area contributed by atoms with E-state index in [9.17, 15) is 4.79 Å². The highest BCUT2D eigenvalue weighted by molar-refractivity contribution is 5.59. The molecule has 0 fully saturated rings. The maximum absolute atomic E-state index is 11.0. The summed E-state index contributed by atoms with van der Waals surface area (Å²) in [5.41, 5.74) is -0.640. The Kier molecular flexibility index (Phi) is 12.3. The highest BCUT2D eigenvalue weighted by Gasteiger charge is 2.18. The molecule has 0 aliphatic carbocycles. The number of carbonyl (C=O) groups is 1. The van der Waals surface area contributed by atoms with Gasteiger partial charge in [0.05, 0.1) is 6.61 Å². The molecule has 0 saturated carbocycles. The molecule has 0 aliphatic rings. The van der Waals surface area contributed by atoms with Gasteiger partial charge in [-0.15, -0.1) is 0 Å². The Hall–Kier alpha value is -0.850. The second-order valence-electron chi connectivity index (χ2n) is 5.98. The van der Waals surface area contributed by atoms with Crippen LogP contribution < -0.4 is 0 Å². The SMILES string of the molecule is CCCCCCCCCCOOOOC(=O)OC(C)(C)C. The summed E-state index contributed by atoms with van der Waals surface area (Å²) in [6.07, 6.45) is 8.68. The summed E-state index contributed by atoms with van der Waals surface area (Å²) in [4.78, 5) is 19.9. The van der Waals surface area contributed by atoms with Crippen molar-refractivity contribution in [2.24, 2.45) is 0 Å². The fraction of sp³-hybridized carbons (Fsp3) is 0.933. The second-order valence-corrected chi connectivity index (χ2v) is 5.98. The Labute approximate surface area is 127 Å². The number of hydrogen-bond donors (Lipinski definition) is 0. The van der Waals surface area contributed by atoms with Gasteiger partial charge in [-0.25, -0.2) is 14.6 Å². The minimum absolute atomic E-state index is 0.395. The Morgan fingerprint density at radius 3 is 2.00 bits per heavy atom. The van der Waals surface area contributed by atoms with Crippen molar-refractivity contribution in [1.29, 1.82) is 0 Å². The molecule has 0 radical (unpaired) electrons. The van der Waals surface area contributed by atoms with Crippen molar-refractivity contribution in [3.63, 3.8) is 0 Å². The topological polar surface area (TPSA) is 63.2 Å². The maximum Gasteiger partial charge on any atom is 0.543 e. The molecule has 0 atom stereocenters. The van der Waals surface area contributed by atoms with Gasteiger partial charge in [0.15, 0.2) is 0 Å². The van der Waals surface area contributed by atoms with Crippen molar-refractivity contribution in [3.05, 3.63) is 0 Å². The van der Waals surface area contributed by atoms with Gasteiger partial charge in [-0.2, -0.15) is 0 Å². The molecule has 0 aromatic carbocycles. The molecule has 126 valence electrons. The molecule has 0 aromatic rings. The van der Waals surface area contributed by atoms with E-state index >= 15 is 0 Å². The van der Waals surface area contributed by atoms with Gasteiger partial charge >= 0.3 is 6.16 Å². The van der Waals surface area contributed by atoms with Gasteiger partial charge in [-0.05, 0) is 32.2 Å². The van der Waals surface area contributed by atoms with Crippen LogP contribution in [0.3, 0.4) is 0 Å². The van der Waals surface area contributed by atoms with Gasteiger partial charge < -0.3 is 4.74 Å². The van der Waals surface area contributed by atoms with Crippen LogP contribution >= 0.6 is 0 Å². The fourth-order valence-electron chi connectivity index (χ4n) is 1.66. The molecule has 0 bridgehead atoms. The molecule has 21 heavy (non-hydrogen) atoms. The Bertz CT molecular complexity index is 249. The molecule has 0 spiro atoms. The standard InChI is InChI=1S/C15H30O6/c1-5-6-7-8-9-10-11-12-13-17-20-21-19-14(16)18-15(2,3)4/h5-13H2,1-4H3. The second kappa shape index (κ2) is 12.9. The summed E-state index contributed by atoms with van der Waals surface area (Å²) < 4.78 is 4.82. The first-order valence-electron chi connectivity index (χ1n) is 7.81. The molecule has 0 aliphatic heterocycles. The van der Waals surface area contributed by atoms with Crippen molar-refractivity contribution >= 4 is 6.16 Å². The molecule has 6 heteroatoms. The largest absolute Gasteiger partial charge is 0.543 e. The van der Waals surface area contributed by atoms with Crippen molar-refractivity contribution in [1.82, 2.24) is 0 Å². The Morgan fingerprint density at radius 1 is 0.857 bits per heavy atom. The monoisotopic (exact) mass is 306 g/mol. The van der Waals surface area contributed by atoms with Crippen molar-refractivity contribution in [2.75, 3.05) is 6.61 Å². The van der Waals surface area contributed by atoms with Crippen LogP contribution in [0.1, 0.15) is 79.1 Å². The van der Waals surface area contributed by atoms with E-state index in [1.165, 1.54) is 38.5 Å². The van der Waals surface area contributed by atoms with Gasteiger partial charge in [-0.3, -0.25) is 0 Å². The van der Waals surface area contributed by atoms with E-state index in [4.69, 9.17) is 9.62 Å². The molecule has 0 N–H and O–H groups in total. The van der Waals surface area contributed by atoms with Crippen LogP contribution in [-0.4, -0.2) is 18.4 Å². The molecule has 0 heterocycles. The van der Waals surface area contributed by atoms with Crippen LogP contribution in [-0.2, 0) is 24.6 Å². The van der Waals surface area contributed by atoms with E-state index in [1.807, 2.05) is 0 Å². The molecular formula is C15H30O6. The summed E-state index contributed by atoms with van der Waals surface area (Å²) in [5.74, 6) is 0. The highest BCUT2D eigenvalue weighted by atomic mass is 17.7. The third-order valence-corrected chi connectivity index (χ3v) is 2.65. The van der Waals surface area contributed by atoms with Crippen LogP contribution in [0.4, 0.5) is 4.79 Å². The number of ether oxygens (including phenoxy) is 1. The third-order valence-electron chi connectivity index (χ3n) is 2.65. The predicted molar refractivity (Wildman–Crippen MR) is 78.1 cm³/mol. The third kappa shape index (κ3) is 17.1. The average Bonchev–Trinajstić information content (AvgIpc) is 2.38. The number of hydrogen-bond acceptors (Lipinski definition) is 6. The van der Waals surface area contributed by atoms with Crippen LogP contribution in [0, 0.1) is 0 Å². The van der Waals surface area contributed by atoms with Crippen molar-refractivity contribution < 1.29 is 29.4 Å². The molecule has 0 saturated heterocycles. The molecule has 0 rings (SSSR count). The van der Waals surface area contributed by atoms with E-state index in [1.54, 1.807) is 20.8 Å². The summed E-state index contributed by atoms with van der Waals surface area (Å²) >= 11 is 0. The predicted octanol–water partition coefficient (Wildman–Crippen LogP) is 4.87. The van der Waals surface area contributed by atoms with Gasteiger partial charge in [0.2, 0.25) is 0 Å². The van der Waals surface area contributed by atoms with E-state index < -0.39 is 11.8 Å². The van der Waals surface area contributed by atoms with Crippen LogP contribution in [0.2, 0.25) is 0 Å². The molecule has 0 unspecified atom stereocenters. The molecular weight excluding hydrogens is 276 g/mol. The lowest BCUT2D eigenvalue weighted by Crippen LogP contribution is -2.24. The maximum atomic E-state index is 11.0. The molecule has 6 nitrogen and oxygen atoms in total. The zero-order valence-electron chi connectivity index (χ0n) is 13.8. The van der Waals surface area contributed by atoms with Crippen molar-refractivity contribution in [3.8, 4) is 0 Å². The lowest BCUT2D eigenvalue weighted by atomic mass is 10.1. The van der Waals surface area contributed by atoms with E-state index in [-0.39, 0.29) is 0 Å². The Morgan fingerprint density at radius 2 is 1.43 bits per heavy atom. The fourth-order valence-corrected chi connectivity index (χ4v) is 1.66. The average molecular weight is 306 g/mol. The highest BCUT2D eigenvalue weighted by Crippen LogP contribution is 2.09. The minimum atomic E-state index is -0.974. The van der Waals surface area contributed by atoms with Gasteiger partial charge in [-0.1, -0.05) is 51.9 Å². The van der Waals surface area contributed by atoms with Gasteiger partial charge in [0, 0.05) is 5.04 Å². The summed E-state index contributed by atoms with van der Waals surface area (Å²) in [6, 6.07) is 0. The normalized spacial score (nSPS) is 11.4. The van der Waals surface area contributed by atoms with E-state index in [0.717, 1.165) is 12.8 Å². The zero-order valence-corrected chi connectivity index (χ0v) is 13.8. The van der Waals surface area contributed by atoms with Gasteiger partial charge in [0.25, 0.3) is 0 Å². The first kappa shape index (κ1) is 20.1. The summed E-state index contributed by atoms with van der Waals surface area (Å²) in [7, 11) is 0. The van der Waals surface area contributed by atoms with Crippen LogP contribution in [0.5, 0.6) is 0 Å². The Balaban J connectivity index is 3.17. The number of rotatable bonds is 12. The minimum Gasteiger partial charge on any atom is -0.427 e. The lowest BCUT2D eigenvalue weighted by Gasteiger charge is -2.17.